The Labute approximate surface area is 137 Å². The molecule has 0 N–H and O–H groups in total. The maximum Gasteiger partial charge on any atom is 0.281 e. The van der Waals surface area contributed by atoms with Gasteiger partial charge >= 0.3 is 0 Å². The molecule has 126 valence electrons. The van der Waals surface area contributed by atoms with Gasteiger partial charge in [-0.2, -0.15) is 0 Å². The van der Waals surface area contributed by atoms with E-state index in [1.165, 1.54) is 38.5 Å². The van der Waals surface area contributed by atoms with Gasteiger partial charge in [0.15, 0.2) is 0 Å². The van der Waals surface area contributed by atoms with Gasteiger partial charge in [-0.05, 0) is 37.1 Å². The molecule has 0 bridgehead atoms. The summed E-state index contributed by atoms with van der Waals surface area (Å²) in [4.78, 5) is 21.8. The SMILES string of the molecule is COc1c(C)ccc([N+](=O)[O-])c1-c1c([N+](=O)[O-])ccc(C)c1OC. The first-order valence-electron chi connectivity index (χ1n) is 6.97. The van der Waals surface area contributed by atoms with E-state index in [2.05, 4.69) is 0 Å². The Kier molecular flexibility index (Phi) is 4.68. The van der Waals surface area contributed by atoms with Crippen LogP contribution in [0, 0.1) is 34.1 Å². The summed E-state index contributed by atoms with van der Waals surface area (Å²) < 4.78 is 10.6. The summed E-state index contributed by atoms with van der Waals surface area (Å²) in [7, 11) is 2.73. The number of nitro benzene ring substituents is 2. The lowest BCUT2D eigenvalue weighted by molar-refractivity contribution is -0.386. The van der Waals surface area contributed by atoms with Gasteiger partial charge in [-0.3, -0.25) is 20.2 Å². The van der Waals surface area contributed by atoms with E-state index in [0.29, 0.717) is 11.1 Å². The third-order valence-corrected chi connectivity index (χ3v) is 3.72. The molecule has 0 unspecified atom stereocenters. The number of rotatable bonds is 5. The number of ether oxygens (including phenoxy) is 2. The van der Waals surface area contributed by atoms with E-state index in [1.807, 2.05) is 0 Å². The highest BCUT2D eigenvalue weighted by molar-refractivity contribution is 5.90. The minimum Gasteiger partial charge on any atom is -0.496 e. The van der Waals surface area contributed by atoms with Crippen LogP contribution in [-0.4, -0.2) is 24.1 Å². The molecular weight excluding hydrogens is 316 g/mol. The highest BCUT2D eigenvalue weighted by Gasteiger charge is 2.32. The predicted molar refractivity (Wildman–Crippen MR) is 87.8 cm³/mol. The van der Waals surface area contributed by atoms with Crippen molar-refractivity contribution in [3.63, 3.8) is 0 Å². The largest absolute Gasteiger partial charge is 0.496 e. The molecule has 0 heterocycles. The van der Waals surface area contributed by atoms with Crippen molar-refractivity contribution in [2.24, 2.45) is 0 Å². The third-order valence-electron chi connectivity index (χ3n) is 3.72. The summed E-state index contributed by atoms with van der Waals surface area (Å²) >= 11 is 0. The maximum absolute atomic E-state index is 11.5. The van der Waals surface area contributed by atoms with Gasteiger partial charge in [-0.25, -0.2) is 0 Å². The number of nitro groups is 2. The summed E-state index contributed by atoms with van der Waals surface area (Å²) in [6.45, 7) is 3.42. The molecule has 0 aliphatic carbocycles. The number of hydrogen-bond acceptors (Lipinski definition) is 6. The lowest BCUT2D eigenvalue weighted by Crippen LogP contribution is -2.03. The minimum absolute atomic E-state index is 0.0368. The summed E-state index contributed by atoms with van der Waals surface area (Å²) in [5.41, 5.74) is 0.741. The van der Waals surface area contributed by atoms with Gasteiger partial charge in [0.1, 0.15) is 22.6 Å². The predicted octanol–water partition coefficient (Wildman–Crippen LogP) is 3.80. The van der Waals surface area contributed by atoms with E-state index in [-0.39, 0.29) is 34.0 Å². The highest BCUT2D eigenvalue weighted by Crippen LogP contribution is 2.49. The molecule has 0 amide bonds. The fourth-order valence-electron chi connectivity index (χ4n) is 2.67. The molecule has 0 aromatic heterocycles. The smallest absolute Gasteiger partial charge is 0.281 e. The summed E-state index contributed by atoms with van der Waals surface area (Å²) in [5.74, 6) is 0.410. The van der Waals surface area contributed by atoms with Crippen LogP contribution in [0.25, 0.3) is 11.1 Å². The lowest BCUT2D eigenvalue weighted by atomic mass is 9.95. The van der Waals surface area contributed by atoms with Crippen LogP contribution in [0.4, 0.5) is 11.4 Å². The summed E-state index contributed by atoms with van der Waals surface area (Å²) in [6.07, 6.45) is 0. The fourth-order valence-corrected chi connectivity index (χ4v) is 2.67. The minimum atomic E-state index is -0.594. The van der Waals surface area contributed by atoms with Crippen molar-refractivity contribution >= 4 is 11.4 Å². The van der Waals surface area contributed by atoms with Gasteiger partial charge < -0.3 is 9.47 Å². The second kappa shape index (κ2) is 6.53. The van der Waals surface area contributed by atoms with Gasteiger partial charge in [0.05, 0.1) is 24.1 Å². The molecular formula is C16H16N2O6. The van der Waals surface area contributed by atoms with E-state index in [4.69, 9.17) is 9.47 Å². The van der Waals surface area contributed by atoms with Crippen molar-refractivity contribution in [3.05, 3.63) is 55.6 Å². The second-order valence-corrected chi connectivity index (χ2v) is 5.13. The fraction of sp³-hybridized carbons (Fsp3) is 0.250. The van der Waals surface area contributed by atoms with Crippen molar-refractivity contribution in [3.8, 4) is 22.6 Å². The number of hydrogen-bond donors (Lipinski definition) is 0. The number of benzene rings is 2. The molecule has 2 rings (SSSR count). The highest BCUT2D eigenvalue weighted by atomic mass is 16.6. The van der Waals surface area contributed by atoms with Crippen LogP contribution >= 0.6 is 0 Å². The molecule has 0 aliphatic rings. The van der Waals surface area contributed by atoms with Crippen molar-refractivity contribution in [2.75, 3.05) is 14.2 Å². The van der Waals surface area contributed by atoms with E-state index in [1.54, 1.807) is 13.8 Å². The van der Waals surface area contributed by atoms with Crippen LogP contribution in [0.2, 0.25) is 0 Å². The first-order chi connectivity index (χ1) is 11.3. The van der Waals surface area contributed by atoms with Gasteiger partial charge in [0, 0.05) is 12.1 Å². The van der Waals surface area contributed by atoms with Crippen LogP contribution in [0.3, 0.4) is 0 Å². The Balaban J connectivity index is 3.05. The molecule has 0 aliphatic heterocycles. The monoisotopic (exact) mass is 332 g/mol. The van der Waals surface area contributed by atoms with E-state index >= 15 is 0 Å². The van der Waals surface area contributed by atoms with Crippen LogP contribution in [0.1, 0.15) is 11.1 Å². The number of methoxy groups -OCH3 is 2. The zero-order valence-electron chi connectivity index (χ0n) is 13.7. The summed E-state index contributed by atoms with van der Waals surface area (Å²) in [6, 6.07) is 5.68. The van der Waals surface area contributed by atoms with Gasteiger partial charge in [-0.1, -0.05) is 0 Å². The zero-order valence-corrected chi connectivity index (χ0v) is 13.7. The second-order valence-electron chi connectivity index (χ2n) is 5.13. The van der Waals surface area contributed by atoms with Crippen molar-refractivity contribution in [1.82, 2.24) is 0 Å². The van der Waals surface area contributed by atoms with E-state index in [9.17, 15) is 20.2 Å². The molecule has 8 heteroatoms. The van der Waals surface area contributed by atoms with Crippen LogP contribution in [0.15, 0.2) is 24.3 Å². The van der Waals surface area contributed by atoms with E-state index in [0.717, 1.165) is 0 Å². The quantitative estimate of drug-likeness (QED) is 0.609. The standard InChI is InChI=1S/C16H16N2O6/c1-9-5-7-11(17(19)20)13(15(9)23-3)14-12(18(21)22)8-6-10(2)16(14)24-4/h5-8H,1-4H3. The Hall–Kier alpha value is -3.16. The van der Waals surface area contributed by atoms with Crippen molar-refractivity contribution in [2.45, 2.75) is 13.8 Å². The molecule has 2 aromatic carbocycles. The van der Waals surface area contributed by atoms with Crippen molar-refractivity contribution in [1.29, 1.82) is 0 Å². The Morgan fingerprint density at radius 3 is 1.33 bits per heavy atom. The van der Waals surface area contributed by atoms with Crippen LogP contribution < -0.4 is 9.47 Å². The summed E-state index contributed by atoms with van der Waals surface area (Å²) in [5, 5.41) is 23.0. The van der Waals surface area contributed by atoms with Crippen molar-refractivity contribution < 1.29 is 19.3 Å². The zero-order chi connectivity index (χ0) is 18.0. The first kappa shape index (κ1) is 17.2. The molecule has 2 aromatic rings. The normalized spacial score (nSPS) is 10.3. The lowest BCUT2D eigenvalue weighted by Gasteiger charge is -2.16. The Bertz CT molecular complexity index is 762. The molecule has 0 radical (unpaired) electrons. The van der Waals surface area contributed by atoms with Crippen LogP contribution in [-0.2, 0) is 0 Å². The molecule has 0 saturated heterocycles. The topological polar surface area (TPSA) is 105 Å². The Morgan fingerprint density at radius 1 is 0.750 bits per heavy atom. The molecule has 0 fully saturated rings. The van der Waals surface area contributed by atoms with Gasteiger partial charge in [0.25, 0.3) is 11.4 Å². The third kappa shape index (κ3) is 2.73. The number of nitrogens with zero attached hydrogens (tertiary/aromatic N) is 2. The Morgan fingerprint density at radius 2 is 1.08 bits per heavy atom. The molecule has 0 atom stereocenters. The van der Waals surface area contributed by atoms with Crippen LogP contribution in [0.5, 0.6) is 11.5 Å². The molecule has 24 heavy (non-hydrogen) atoms. The molecule has 0 spiro atoms. The average molecular weight is 332 g/mol. The molecule has 0 saturated carbocycles. The average Bonchev–Trinajstić information content (AvgIpc) is 2.53. The maximum atomic E-state index is 11.5. The number of aryl methyl sites for hydroxylation is 2. The molecule has 8 nitrogen and oxygen atoms in total. The van der Waals surface area contributed by atoms with E-state index < -0.39 is 9.85 Å². The van der Waals surface area contributed by atoms with Gasteiger partial charge in [0.2, 0.25) is 0 Å². The first-order valence-corrected chi connectivity index (χ1v) is 6.97. The van der Waals surface area contributed by atoms with Gasteiger partial charge in [-0.15, -0.1) is 0 Å².